The minimum absolute atomic E-state index is 0. The van der Waals surface area contributed by atoms with Crippen molar-refractivity contribution in [2.75, 3.05) is 21.2 Å². The van der Waals surface area contributed by atoms with Crippen molar-refractivity contribution in [1.29, 1.82) is 0 Å². The van der Waals surface area contributed by atoms with Gasteiger partial charge >= 0.3 is 11.9 Å². The second-order valence-corrected chi connectivity index (χ2v) is 4.19. The number of methoxy groups -OCH3 is 1. The van der Waals surface area contributed by atoms with Crippen LogP contribution in [0.5, 0.6) is 0 Å². The lowest BCUT2D eigenvalue weighted by molar-refractivity contribution is -0.155. The predicted octanol–water partition coefficient (Wildman–Crippen LogP) is 1.10. The van der Waals surface area contributed by atoms with Crippen LogP contribution in [0.4, 0.5) is 0 Å². The molecule has 1 aromatic rings. The molecule has 1 atom stereocenters. The van der Waals surface area contributed by atoms with Gasteiger partial charge in [-0.25, -0.2) is 9.59 Å². The maximum atomic E-state index is 12.1. The van der Waals surface area contributed by atoms with Crippen LogP contribution in [0.15, 0.2) is 36.7 Å². The van der Waals surface area contributed by atoms with Gasteiger partial charge in [-0.2, -0.15) is 0 Å². The van der Waals surface area contributed by atoms with Gasteiger partial charge in [-0.15, -0.1) is 24.0 Å². The predicted molar refractivity (Wildman–Crippen MR) is 88.3 cm³/mol. The van der Waals surface area contributed by atoms with Crippen LogP contribution in [-0.2, 0) is 23.9 Å². The first-order chi connectivity index (χ1) is 9.95. The van der Waals surface area contributed by atoms with Crippen LogP contribution >= 0.6 is 24.0 Å². The first-order valence-electron chi connectivity index (χ1n) is 6.03. The van der Waals surface area contributed by atoms with Gasteiger partial charge in [-0.05, 0) is 6.07 Å². The molecule has 0 aromatic carbocycles. The highest BCUT2D eigenvalue weighted by molar-refractivity contribution is 14.0. The molecule has 1 amide bonds. The van der Waals surface area contributed by atoms with Gasteiger partial charge < -0.3 is 14.4 Å². The normalized spacial score (nSPS) is 11.2. The summed E-state index contributed by atoms with van der Waals surface area (Å²) in [6, 6.07) is 3.25. The van der Waals surface area contributed by atoms with Crippen LogP contribution in [0.1, 0.15) is 11.7 Å². The molecular formula is C14H17IN2O5. The Kier molecular flexibility index (Phi) is 8.99. The molecule has 0 bridgehead atoms. The van der Waals surface area contributed by atoms with E-state index in [1.54, 1.807) is 32.4 Å². The molecule has 7 nitrogen and oxygen atoms in total. The Morgan fingerprint density at radius 2 is 1.86 bits per heavy atom. The van der Waals surface area contributed by atoms with E-state index in [4.69, 9.17) is 4.74 Å². The minimum atomic E-state index is -1.12. The number of aromatic nitrogens is 1. The summed E-state index contributed by atoms with van der Waals surface area (Å²) in [5.41, 5.74) is 0.441. The molecule has 0 saturated heterocycles. The summed E-state index contributed by atoms with van der Waals surface area (Å²) < 4.78 is 9.45. The average molecular weight is 420 g/mol. The van der Waals surface area contributed by atoms with Gasteiger partial charge in [0, 0.05) is 44.2 Å². The van der Waals surface area contributed by atoms with Crippen molar-refractivity contribution in [1.82, 2.24) is 9.88 Å². The fourth-order valence-electron chi connectivity index (χ4n) is 1.39. The lowest BCUT2D eigenvalue weighted by Gasteiger charge is -2.20. The number of esters is 2. The van der Waals surface area contributed by atoms with Crippen molar-refractivity contribution < 1.29 is 23.9 Å². The fourth-order valence-corrected chi connectivity index (χ4v) is 1.39. The topological polar surface area (TPSA) is 85.8 Å². The number of likely N-dealkylation sites (N-methyl/N-ethyl adjacent to an activating group) is 1. The zero-order valence-electron chi connectivity index (χ0n) is 12.4. The first kappa shape index (κ1) is 20.0. The van der Waals surface area contributed by atoms with E-state index in [0.717, 1.165) is 12.2 Å². The highest BCUT2D eigenvalue weighted by Gasteiger charge is 2.26. The summed E-state index contributed by atoms with van der Waals surface area (Å²) in [6.07, 6.45) is 3.67. The average Bonchev–Trinajstić information content (AvgIpc) is 2.50. The van der Waals surface area contributed by atoms with Crippen molar-refractivity contribution in [2.45, 2.75) is 6.10 Å². The molecule has 8 heteroatoms. The SMILES string of the molecule is COC(=O)/C=C/C(=O)O[C@H](C(=O)N(C)C)c1cccnc1.I. The molecule has 0 saturated carbocycles. The molecule has 0 fully saturated rings. The number of carbonyl (C=O) groups excluding carboxylic acids is 3. The zero-order chi connectivity index (χ0) is 15.8. The van der Waals surface area contributed by atoms with Crippen LogP contribution in [0.25, 0.3) is 0 Å². The summed E-state index contributed by atoms with van der Waals surface area (Å²) in [6.45, 7) is 0. The van der Waals surface area contributed by atoms with E-state index in [9.17, 15) is 14.4 Å². The van der Waals surface area contributed by atoms with E-state index in [0.29, 0.717) is 5.56 Å². The van der Waals surface area contributed by atoms with Crippen LogP contribution in [0.3, 0.4) is 0 Å². The molecule has 0 aliphatic carbocycles. The largest absolute Gasteiger partial charge is 0.466 e. The number of hydrogen-bond donors (Lipinski definition) is 0. The molecule has 1 aromatic heterocycles. The van der Waals surface area contributed by atoms with Gasteiger partial charge in [0.2, 0.25) is 6.10 Å². The summed E-state index contributed by atoms with van der Waals surface area (Å²) in [5.74, 6) is -1.93. The second kappa shape index (κ2) is 9.87. The smallest absolute Gasteiger partial charge is 0.332 e. The molecule has 1 heterocycles. The van der Waals surface area contributed by atoms with E-state index in [-0.39, 0.29) is 24.0 Å². The Morgan fingerprint density at radius 1 is 1.23 bits per heavy atom. The molecular weight excluding hydrogens is 403 g/mol. The number of amides is 1. The van der Waals surface area contributed by atoms with E-state index < -0.39 is 23.9 Å². The van der Waals surface area contributed by atoms with Gasteiger partial charge in [-0.1, -0.05) is 6.07 Å². The molecule has 0 spiro atoms. The third-order valence-electron chi connectivity index (χ3n) is 2.44. The molecule has 0 N–H and O–H groups in total. The summed E-state index contributed by atoms with van der Waals surface area (Å²) >= 11 is 0. The fraction of sp³-hybridized carbons (Fsp3) is 0.286. The van der Waals surface area contributed by atoms with E-state index in [2.05, 4.69) is 9.72 Å². The second-order valence-electron chi connectivity index (χ2n) is 4.19. The Morgan fingerprint density at radius 3 is 2.36 bits per heavy atom. The highest BCUT2D eigenvalue weighted by atomic mass is 127. The van der Waals surface area contributed by atoms with Gasteiger partial charge in [0.25, 0.3) is 5.91 Å². The monoisotopic (exact) mass is 420 g/mol. The van der Waals surface area contributed by atoms with E-state index in [1.807, 2.05) is 0 Å². The standard InChI is InChI=1S/C14H16N2O5.HI/c1-16(2)14(19)13(10-5-4-8-15-9-10)21-12(18)7-6-11(17)20-3;/h4-9,13H,1-3H3;1H/b7-6+;/t13-;/m0./s1. The maximum absolute atomic E-state index is 12.1. The summed E-state index contributed by atoms with van der Waals surface area (Å²) in [5, 5.41) is 0. The number of pyridine rings is 1. The van der Waals surface area contributed by atoms with Crippen molar-refractivity contribution in [3.8, 4) is 0 Å². The molecule has 0 aliphatic heterocycles. The molecule has 120 valence electrons. The third kappa shape index (κ3) is 6.20. The number of carbonyl (C=O) groups is 3. The zero-order valence-corrected chi connectivity index (χ0v) is 14.7. The Bertz CT molecular complexity index is 545. The van der Waals surface area contributed by atoms with E-state index >= 15 is 0 Å². The van der Waals surface area contributed by atoms with Crippen LogP contribution < -0.4 is 0 Å². The van der Waals surface area contributed by atoms with Gasteiger partial charge in [0.1, 0.15) is 0 Å². The van der Waals surface area contributed by atoms with Crippen LogP contribution in [0, 0.1) is 0 Å². The van der Waals surface area contributed by atoms with Gasteiger partial charge in [0.15, 0.2) is 0 Å². The molecule has 0 radical (unpaired) electrons. The van der Waals surface area contributed by atoms with Crippen molar-refractivity contribution in [2.24, 2.45) is 0 Å². The van der Waals surface area contributed by atoms with Gasteiger partial charge in [0.05, 0.1) is 7.11 Å². The quantitative estimate of drug-likeness (QED) is 0.403. The third-order valence-corrected chi connectivity index (χ3v) is 2.44. The molecule has 22 heavy (non-hydrogen) atoms. The maximum Gasteiger partial charge on any atom is 0.332 e. The first-order valence-corrected chi connectivity index (χ1v) is 6.03. The number of halogens is 1. The van der Waals surface area contributed by atoms with Crippen molar-refractivity contribution >= 4 is 41.8 Å². The Hall–Kier alpha value is -1.97. The molecule has 1 rings (SSSR count). The van der Waals surface area contributed by atoms with Crippen molar-refractivity contribution in [3.05, 3.63) is 42.2 Å². The van der Waals surface area contributed by atoms with Crippen LogP contribution in [-0.4, -0.2) is 48.9 Å². The highest BCUT2D eigenvalue weighted by Crippen LogP contribution is 2.18. The summed E-state index contributed by atoms with van der Waals surface area (Å²) in [7, 11) is 4.28. The number of hydrogen-bond acceptors (Lipinski definition) is 6. The van der Waals surface area contributed by atoms with Gasteiger partial charge in [-0.3, -0.25) is 9.78 Å². The lowest BCUT2D eigenvalue weighted by Crippen LogP contribution is -2.31. The number of ether oxygens (including phenoxy) is 2. The molecule has 0 aliphatic rings. The summed E-state index contributed by atoms with van der Waals surface area (Å²) in [4.78, 5) is 39.8. The lowest BCUT2D eigenvalue weighted by atomic mass is 10.1. The van der Waals surface area contributed by atoms with E-state index in [1.165, 1.54) is 18.2 Å². The number of nitrogens with zero attached hydrogens (tertiary/aromatic N) is 2. The minimum Gasteiger partial charge on any atom is -0.466 e. The van der Waals surface area contributed by atoms with Crippen LogP contribution in [0.2, 0.25) is 0 Å². The Balaban J connectivity index is 0.00000441. The Labute approximate surface area is 145 Å². The number of rotatable bonds is 5. The molecule has 0 unspecified atom stereocenters. The van der Waals surface area contributed by atoms with Crippen molar-refractivity contribution in [3.63, 3.8) is 0 Å².